The molecule has 2 heterocycles. The molecule has 2 aromatic carbocycles. The molecule has 1 aromatic heterocycles. The third kappa shape index (κ3) is 4.14. The molecule has 0 unspecified atom stereocenters. The van der Waals surface area contributed by atoms with E-state index in [1.54, 1.807) is 31.5 Å². The molecule has 10 heteroatoms. The molecule has 0 bridgehead atoms. The van der Waals surface area contributed by atoms with Gasteiger partial charge in [0.1, 0.15) is 6.61 Å². The van der Waals surface area contributed by atoms with Gasteiger partial charge < -0.3 is 29.3 Å². The summed E-state index contributed by atoms with van der Waals surface area (Å²) in [6, 6.07) is 5.60. The molecule has 170 valence electrons. The Morgan fingerprint density at radius 2 is 1.62 bits per heavy atom. The molecule has 3 aromatic rings. The van der Waals surface area contributed by atoms with Crippen LogP contribution in [0.2, 0.25) is 0 Å². The van der Waals surface area contributed by atoms with Gasteiger partial charge >= 0.3 is 5.97 Å². The topological polar surface area (TPSA) is 114 Å². The molecule has 2 N–H and O–H groups in total. The van der Waals surface area contributed by atoms with Crippen molar-refractivity contribution in [2.75, 3.05) is 45.4 Å². The van der Waals surface area contributed by atoms with Crippen LogP contribution in [0.15, 0.2) is 30.6 Å². The third-order valence-electron chi connectivity index (χ3n) is 5.24. The summed E-state index contributed by atoms with van der Waals surface area (Å²) in [5, 5.41) is 20.2. The molecule has 0 spiro atoms. The minimum atomic E-state index is -0.395. The zero-order valence-corrected chi connectivity index (χ0v) is 18.5. The van der Waals surface area contributed by atoms with Crippen LogP contribution in [-0.4, -0.2) is 66.7 Å². The van der Waals surface area contributed by atoms with Gasteiger partial charge in [0.05, 0.1) is 33.0 Å². The molecule has 1 aliphatic rings. The maximum absolute atomic E-state index is 12.5. The first kappa shape index (κ1) is 23.5. The van der Waals surface area contributed by atoms with Crippen LogP contribution in [0, 0.1) is 0 Å². The maximum Gasteiger partial charge on any atom is 0.339 e. The van der Waals surface area contributed by atoms with Crippen molar-refractivity contribution in [2.45, 2.75) is 6.61 Å². The van der Waals surface area contributed by atoms with E-state index in [0.29, 0.717) is 47.2 Å². The van der Waals surface area contributed by atoms with Gasteiger partial charge in [-0.05, 0) is 29.0 Å². The average Bonchev–Trinajstić information content (AvgIpc) is 3.16. The molecule has 0 amide bonds. The Balaban J connectivity index is 0.00000289. The number of aromatic nitrogens is 2. The number of aliphatic hydroxyl groups excluding tert-OH is 2. The van der Waals surface area contributed by atoms with Crippen molar-refractivity contribution in [3.05, 3.63) is 41.7 Å². The van der Waals surface area contributed by atoms with Crippen LogP contribution in [0.4, 0.5) is 5.95 Å². The Hall–Kier alpha value is -3.14. The fraction of sp³-hybridized carbons (Fsp3) is 0.318. The number of rotatable bonds is 8. The predicted molar refractivity (Wildman–Crippen MR) is 121 cm³/mol. The van der Waals surface area contributed by atoms with Crippen LogP contribution in [0.1, 0.15) is 15.9 Å². The molecule has 0 saturated heterocycles. The summed E-state index contributed by atoms with van der Waals surface area (Å²) in [7, 11) is 3.13. The van der Waals surface area contributed by atoms with Crippen LogP contribution >= 0.6 is 12.4 Å². The van der Waals surface area contributed by atoms with E-state index in [1.807, 2.05) is 18.2 Å². The van der Waals surface area contributed by atoms with Crippen molar-refractivity contribution in [2.24, 2.45) is 0 Å². The van der Waals surface area contributed by atoms with Crippen LogP contribution in [-0.2, 0) is 11.3 Å². The highest BCUT2D eigenvalue weighted by atomic mass is 35.5. The van der Waals surface area contributed by atoms with Crippen molar-refractivity contribution < 1.29 is 29.2 Å². The summed E-state index contributed by atoms with van der Waals surface area (Å²) in [4.78, 5) is 23.0. The van der Waals surface area contributed by atoms with Gasteiger partial charge in [0.25, 0.3) is 0 Å². The number of anilines is 1. The maximum atomic E-state index is 12.5. The Kier molecular flexibility index (Phi) is 7.34. The van der Waals surface area contributed by atoms with Gasteiger partial charge in [-0.3, -0.25) is 0 Å². The molecule has 0 atom stereocenters. The number of carbonyl (C=O) groups is 1. The van der Waals surface area contributed by atoms with Crippen molar-refractivity contribution in [1.29, 1.82) is 0 Å². The monoisotopic (exact) mass is 461 g/mol. The number of fused-ring (bicyclic) bond motifs is 2. The van der Waals surface area contributed by atoms with E-state index in [0.717, 1.165) is 16.3 Å². The van der Waals surface area contributed by atoms with Gasteiger partial charge in [-0.1, -0.05) is 0 Å². The molecule has 4 rings (SSSR count). The summed E-state index contributed by atoms with van der Waals surface area (Å²) in [5.41, 5.74) is 2.58. The first-order valence-electron chi connectivity index (χ1n) is 9.79. The fourth-order valence-electron chi connectivity index (χ4n) is 3.81. The highest BCUT2D eigenvalue weighted by Crippen LogP contribution is 2.42. The normalized spacial score (nSPS) is 12.2. The molecular weight excluding hydrogens is 438 g/mol. The average molecular weight is 462 g/mol. The standard InChI is InChI=1S/C22H23N3O6.ClH/c1-29-17-8-13-7-14-12-31-21(28)20(14)19(16(13)9-18(17)30-2)15-10-23-22(24-11-15)25(3-5-26)4-6-27;/h7-11,26-27H,3-6,12H2,1-2H3;1H. The lowest BCUT2D eigenvalue weighted by atomic mass is 9.91. The first-order valence-corrected chi connectivity index (χ1v) is 9.79. The van der Waals surface area contributed by atoms with Crippen LogP contribution in [0.5, 0.6) is 11.5 Å². The summed E-state index contributed by atoms with van der Waals surface area (Å²) in [5.74, 6) is 1.11. The summed E-state index contributed by atoms with van der Waals surface area (Å²) >= 11 is 0. The minimum Gasteiger partial charge on any atom is -0.493 e. The predicted octanol–water partition coefficient (Wildman–Crippen LogP) is 2.20. The summed E-state index contributed by atoms with van der Waals surface area (Å²) in [6.45, 7) is 0.621. The SMILES string of the molecule is COc1cc2cc3c(c(-c4cnc(N(CCO)CCO)nc4)c2cc1OC)C(=O)OC3.Cl. The van der Waals surface area contributed by atoms with E-state index >= 15 is 0 Å². The van der Waals surface area contributed by atoms with Crippen LogP contribution in [0.25, 0.3) is 21.9 Å². The largest absolute Gasteiger partial charge is 0.493 e. The first-order chi connectivity index (χ1) is 15.1. The van der Waals surface area contributed by atoms with E-state index in [-0.39, 0.29) is 32.2 Å². The van der Waals surface area contributed by atoms with Gasteiger partial charge in [0.15, 0.2) is 11.5 Å². The highest BCUT2D eigenvalue weighted by molar-refractivity contribution is 6.11. The van der Waals surface area contributed by atoms with Crippen molar-refractivity contribution >= 4 is 35.1 Å². The van der Waals surface area contributed by atoms with Crippen LogP contribution in [0.3, 0.4) is 0 Å². The number of benzene rings is 2. The van der Waals surface area contributed by atoms with Gasteiger partial charge in [-0.2, -0.15) is 0 Å². The third-order valence-corrected chi connectivity index (χ3v) is 5.24. The Morgan fingerprint density at radius 1 is 1.00 bits per heavy atom. The number of aliphatic hydroxyl groups is 2. The lowest BCUT2D eigenvalue weighted by Gasteiger charge is -2.20. The molecular formula is C22H24ClN3O6. The Morgan fingerprint density at radius 3 is 2.22 bits per heavy atom. The molecule has 0 fully saturated rings. The fourth-order valence-corrected chi connectivity index (χ4v) is 3.81. The van der Waals surface area contributed by atoms with Crippen molar-refractivity contribution in [1.82, 2.24) is 9.97 Å². The molecule has 0 saturated carbocycles. The number of ether oxygens (including phenoxy) is 3. The smallest absolute Gasteiger partial charge is 0.339 e. The second kappa shape index (κ2) is 9.99. The van der Waals surface area contributed by atoms with Gasteiger partial charge in [-0.25, -0.2) is 14.8 Å². The van der Waals surface area contributed by atoms with E-state index in [9.17, 15) is 15.0 Å². The minimum absolute atomic E-state index is 0. The molecule has 9 nitrogen and oxygen atoms in total. The number of halogens is 1. The zero-order chi connectivity index (χ0) is 22.0. The van der Waals surface area contributed by atoms with Crippen LogP contribution < -0.4 is 14.4 Å². The lowest BCUT2D eigenvalue weighted by Crippen LogP contribution is -2.31. The number of methoxy groups -OCH3 is 2. The van der Waals surface area contributed by atoms with Gasteiger partial charge in [0, 0.05) is 42.2 Å². The molecule has 1 aliphatic heterocycles. The summed E-state index contributed by atoms with van der Waals surface area (Å²) in [6.07, 6.45) is 3.25. The van der Waals surface area contributed by atoms with E-state index in [2.05, 4.69) is 9.97 Å². The van der Waals surface area contributed by atoms with Crippen molar-refractivity contribution in [3.8, 4) is 22.6 Å². The highest BCUT2D eigenvalue weighted by Gasteiger charge is 2.28. The molecule has 0 aliphatic carbocycles. The lowest BCUT2D eigenvalue weighted by molar-refractivity contribution is 0.0535. The van der Waals surface area contributed by atoms with Gasteiger partial charge in [-0.15, -0.1) is 12.4 Å². The number of nitrogens with zero attached hydrogens (tertiary/aromatic N) is 3. The second-order valence-corrected chi connectivity index (χ2v) is 7.00. The molecule has 0 radical (unpaired) electrons. The van der Waals surface area contributed by atoms with Crippen molar-refractivity contribution in [3.63, 3.8) is 0 Å². The number of hydrogen-bond acceptors (Lipinski definition) is 9. The Bertz CT molecular complexity index is 1120. The number of esters is 1. The van der Waals surface area contributed by atoms with E-state index in [1.165, 1.54) is 0 Å². The van der Waals surface area contributed by atoms with Gasteiger partial charge in [0.2, 0.25) is 5.95 Å². The summed E-state index contributed by atoms with van der Waals surface area (Å²) < 4.78 is 16.2. The quantitative estimate of drug-likeness (QED) is 0.487. The number of carbonyl (C=O) groups excluding carboxylic acids is 1. The zero-order valence-electron chi connectivity index (χ0n) is 17.7. The van der Waals surface area contributed by atoms with E-state index in [4.69, 9.17) is 14.2 Å². The number of hydrogen-bond donors (Lipinski definition) is 2. The Labute approximate surface area is 191 Å². The number of cyclic esters (lactones) is 1. The second-order valence-electron chi connectivity index (χ2n) is 7.00. The van der Waals surface area contributed by atoms with E-state index < -0.39 is 5.97 Å². The molecule has 32 heavy (non-hydrogen) atoms.